The molecular weight excluding hydrogens is 475 g/mol. The summed E-state index contributed by atoms with van der Waals surface area (Å²) < 4.78 is 76.2. The first-order valence-corrected chi connectivity index (χ1v) is 12.0. The van der Waals surface area contributed by atoms with Crippen LogP contribution in [-0.2, 0) is 14.8 Å². The summed E-state index contributed by atoms with van der Waals surface area (Å²) in [7, 11) is -4.15. The molecule has 1 aliphatic heterocycles. The zero-order valence-electron chi connectivity index (χ0n) is 18.9. The molecule has 0 aliphatic carbocycles. The number of amides is 1. The number of ether oxygens (including phenoxy) is 2. The molecule has 1 N–H and O–H groups in total. The minimum atomic E-state index is -4.97. The minimum absolute atomic E-state index is 0.0218. The van der Waals surface area contributed by atoms with E-state index in [4.69, 9.17) is 4.74 Å². The summed E-state index contributed by atoms with van der Waals surface area (Å²) in [6.45, 7) is 5.87. The van der Waals surface area contributed by atoms with Crippen LogP contribution in [0.15, 0.2) is 47.5 Å². The Morgan fingerprint density at radius 2 is 1.74 bits per heavy atom. The van der Waals surface area contributed by atoms with Crippen LogP contribution in [0.1, 0.15) is 33.6 Å². The summed E-state index contributed by atoms with van der Waals surface area (Å²) in [5, 5.41) is 0. The highest BCUT2D eigenvalue weighted by Crippen LogP contribution is 2.32. The number of nitrogens with one attached hydrogen (secondary N) is 1. The lowest BCUT2D eigenvalue weighted by Crippen LogP contribution is -2.47. The monoisotopic (exact) mass is 501 g/mol. The molecule has 1 aromatic heterocycles. The van der Waals surface area contributed by atoms with E-state index in [9.17, 15) is 26.4 Å². The maximum Gasteiger partial charge on any atom is 0.574 e. The second kappa shape index (κ2) is 9.79. The van der Waals surface area contributed by atoms with E-state index in [1.165, 1.54) is 4.90 Å². The standard InChI is InChI=1S/C22H26F3N3O5S/c1-21(2,3)33-20(29)28-11-9-16(10-12-28)27-34(30,31)18-14-26-19(32-22(23,24)25)13-17(18)15-7-5-4-6-8-15/h4-8,13-14,16,27H,9-12H2,1-3H3. The second-order valence-electron chi connectivity index (χ2n) is 8.80. The van der Waals surface area contributed by atoms with Gasteiger partial charge in [0.1, 0.15) is 10.5 Å². The molecule has 2 aromatic rings. The normalized spacial score (nSPS) is 15.8. The molecule has 186 valence electrons. The Morgan fingerprint density at radius 3 is 2.29 bits per heavy atom. The van der Waals surface area contributed by atoms with Crippen LogP contribution in [0, 0.1) is 0 Å². The number of hydrogen-bond donors (Lipinski definition) is 1. The number of benzene rings is 1. The van der Waals surface area contributed by atoms with E-state index in [1.807, 2.05) is 0 Å². The second-order valence-corrected chi connectivity index (χ2v) is 10.5. The average Bonchev–Trinajstić information content (AvgIpc) is 2.72. The van der Waals surface area contributed by atoms with Crippen molar-refractivity contribution in [1.82, 2.24) is 14.6 Å². The van der Waals surface area contributed by atoms with Crippen molar-refractivity contribution in [1.29, 1.82) is 0 Å². The predicted octanol–water partition coefficient (Wildman–Crippen LogP) is 4.33. The van der Waals surface area contributed by atoms with Crippen LogP contribution < -0.4 is 9.46 Å². The van der Waals surface area contributed by atoms with Gasteiger partial charge in [0.15, 0.2) is 0 Å². The van der Waals surface area contributed by atoms with Crippen LogP contribution >= 0.6 is 0 Å². The maximum atomic E-state index is 13.2. The lowest BCUT2D eigenvalue weighted by atomic mass is 10.1. The van der Waals surface area contributed by atoms with Crippen LogP contribution in [-0.4, -0.2) is 55.5 Å². The lowest BCUT2D eigenvalue weighted by Gasteiger charge is -2.33. The van der Waals surface area contributed by atoms with Gasteiger partial charge >= 0.3 is 12.5 Å². The molecule has 1 aliphatic rings. The summed E-state index contributed by atoms with van der Waals surface area (Å²) in [4.78, 5) is 17.0. The lowest BCUT2D eigenvalue weighted by molar-refractivity contribution is -0.276. The zero-order valence-corrected chi connectivity index (χ0v) is 19.7. The molecule has 1 amide bonds. The largest absolute Gasteiger partial charge is 0.574 e. The van der Waals surface area contributed by atoms with Crippen LogP contribution in [0.25, 0.3) is 11.1 Å². The molecule has 2 heterocycles. The molecule has 3 rings (SSSR count). The molecule has 0 unspecified atom stereocenters. The summed E-state index contributed by atoms with van der Waals surface area (Å²) in [6.07, 6.45) is -3.89. The topological polar surface area (TPSA) is 97.8 Å². The van der Waals surface area contributed by atoms with Gasteiger partial charge in [-0.15, -0.1) is 13.2 Å². The van der Waals surface area contributed by atoms with Crippen molar-refractivity contribution in [3.8, 4) is 17.0 Å². The van der Waals surface area contributed by atoms with Gasteiger partial charge in [0.2, 0.25) is 15.9 Å². The van der Waals surface area contributed by atoms with Gasteiger partial charge in [-0.2, -0.15) is 0 Å². The van der Waals surface area contributed by atoms with Crippen molar-refractivity contribution in [3.05, 3.63) is 42.6 Å². The number of pyridine rings is 1. The highest BCUT2D eigenvalue weighted by atomic mass is 32.2. The fourth-order valence-electron chi connectivity index (χ4n) is 3.44. The number of piperidine rings is 1. The van der Waals surface area contributed by atoms with Gasteiger partial charge < -0.3 is 14.4 Å². The first-order valence-electron chi connectivity index (χ1n) is 10.5. The van der Waals surface area contributed by atoms with E-state index in [2.05, 4.69) is 14.4 Å². The number of likely N-dealkylation sites (tertiary alicyclic amines) is 1. The van der Waals surface area contributed by atoms with Crippen molar-refractivity contribution >= 4 is 16.1 Å². The van der Waals surface area contributed by atoms with E-state index in [-0.39, 0.29) is 10.5 Å². The molecule has 1 fully saturated rings. The zero-order chi connectivity index (χ0) is 25.1. The quantitative estimate of drug-likeness (QED) is 0.655. The first kappa shape index (κ1) is 25.8. The Bertz CT molecular complexity index is 1110. The number of aromatic nitrogens is 1. The number of halogens is 3. The van der Waals surface area contributed by atoms with Gasteiger partial charge in [0, 0.05) is 30.8 Å². The van der Waals surface area contributed by atoms with Gasteiger partial charge in [-0.25, -0.2) is 22.9 Å². The van der Waals surface area contributed by atoms with Crippen LogP contribution in [0.5, 0.6) is 5.88 Å². The number of carbonyl (C=O) groups is 1. The van der Waals surface area contributed by atoms with Gasteiger partial charge in [-0.1, -0.05) is 30.3 Å². The molecule has 0 atom stereocenters. The number of alkyl halides is 3. The molecule has 0 spiro atoms. The van der Waals surface area contributed by atoms with Crippen LogP contribution in [0.4, 0.5) is 18.0 Å². The summed E-state index contributed by atoms with van der Waals surface area (Å²) >= 11 is 0. The van der Waals surface area contributed by atoms with Gasteiger partial charge in [0.05, 0.1) is 6.20 Å². The molecule has 8 nitrogen and oxygen atoms in total. The van der Waals surface area contributed by atoms with Crippen molar-refractivity contribution in [2.75, 3.05) is 13.1 Å². The number of rotatable bonds is 5. The molecule has 0 bridgehead atoms. The molecule has 1 saturated heterocycles. The molecule has 0 radical (unpaired) electrons. The Kier molecular flexibility index (Phi) is 7.41. The van der Waals surface area contributed by atoms with Crippen LogP contribution in [0.2, 0.25) is 0 Å². The highest BCUT2D eigenvalue weighted by molar-refractivity contribution is 7.89. The third kappa shape index (κ3) is 7.07. The van der Waals surface area contributed by atoms with E-state index in [1.54, 1.807) is 51.1 Å². The number of hydrogen-bond acceptors (Lipinski definition) is 6. The van der Waals surface area contributed by atoms with Crippen molar-refractivity contribution in [3.63, 3.8) is 0 Å². The number of sulfonamides is 1. The van der Waals surface area contributed by atoms with E-state index in [0.29, 0.717) is 31.5 Å². The molecular formula is C22H26F3N3O5S. The minimum Gasteiger partial charge on any atom is -0.444 e. The van der Waals surface area contributed by atoms with E-state index >= 15 is 0 Å². The van der Waals surface area contributed by atoms with Gasteiger partial charge in [-0.3, -0.25) is 0 Å². The molecule has 0 saturated carbocycles. The molecule has 1 aromatic carbocycles. The maximum absolute atomic E-state index is 13.2. The van der Waals surface area contributed by atoms with Crippen molar-refractivity contribution < 1.29 is 35.9 Å². The Morgan fingerprint density at radius 1 is 1.12 bits per heavy atom. The van der Waals surface area contributed by atoms with E-state index < -0.39 is 40.0 Å². The predicted molar refractivity (Wildman–Crippen MR) is 118 cm³/mol. The summed E-state index contributed by atoms with van der Waals surface area (Å²) in [6, 6.07) is 8.59. The fourth-order valence-corrected chi connectivity index (χ4v) is 4.90. The SMILES string of the molecule is CC(C)(C)OC(=O)N1CCC(NS(=O)(=O)c2cnc(OC(F)(F)F)cc2-c2ccccc2)CC1. The smallest absolute Gasteiger partial charge is 0.444 e. The number of carbonyl (C=O) groups excluding carboxylic acids is 1. The molecule has 12 heteroatoms. The highest BCUT2D eigenvalue weighted by Gasteiger charge is 2.34. The van der Waals surface area contributed by atoms with Gasteiger partial charge in [-0.05, 0) is 39.2 Å². The van der Waals surface area contributed by atoms with Crippen molar-refractivity contribution in [2.45, 2.75) is 56.5 Å². The Hall–Kier alpha value is -2.86. The average molecular weight is 502 g/mol. The Labute approximate surface area is 196 Å². The molecule has 34 heavy (non-hydrogen) atoms. The van der Waals surface area contributed by atoms with Gasteiger partial charge in [0.25, 0.3) is 0 Å². The first-order chi connectivity index (χ1) is 15.7. The van der Waals surface area contributed by atoms with E-state index in [0.717, 1.165) is 12.3 Å². The Balaban J connectivity index is 1.79. The summed E-state index contributed by atoms with van der Waals surface area (Å²) in [5.41, 5.74) is -0.233. The van der Waals surface area contributed by atoms with Crippen molar-refractivity contribution in [2.24, 2.45) is 0 Å². The number of nitrogens with zero attached hydrogens (tertiary/aromatic N) is 2. The van der Waals surface area contributed by atoms with Crippen LogP contribution in [0.3, 0.4) is 0 Å². The fraction of sp³-hybridized carbons (Fsp3) is 0.455. The summed E-state index contributed by atoms with van der Waals surface area (Å²) in [5.74, 6) is -0.768. The third-order valence-electron chi connectivity index (χ3n) is 4.91. The third-order valence-corrected chi connectivity index (χ3v) is 6.45.